The van der Waals surface area contributed by atoms with E-state index in [1.54, 1.807) is 0 Å². The molecule has 0 radical (unpaired) electrons. The van der Waals surface area contributed by atoms with E-state index in [1.807, 2.05) is 6.92 Å². The van der Waals surface area contributed by atoms with Crippen LogP contribution in [0, 0.1) is 10.1 Å². The van der Waals surface area contributed by atoms with Gasteiger partial charge in [-0.05, 0) is 12.5 Å². The summed E-state index contributed by atoms with van der Waals surface area (Å²) in [6.07, 6.45) is 0. The molecule has 0 saturated carbocycles. The lowest BCUT2D eigenvalue weighted by Gasteiger charge is -2.07. The minimum absolute atomic E-state index is 0. The monoisotopic (exact) mass is 356 g/mol. The minimum atomic E-state index is -0.816. The molecule has 3 rings (SSSR count). The highest BCUT2D eigenvalue weighted by molar-refractivity contribution is 8.93. The third-order valence-electron chi connectivity index (χ3n) is 3.47. The molecule has 0 bridgehead atoms. The molecule has 1 fully saturated rings. The number of nitro groups is 1. The quantitative estimate of drug-likeness (QED) is 0.367. The predicted octanol–water partition coefficient (Wildman–Crippen LogP) is 0.907. The third-order valence-corrected chi connectivity index (χ3v) is 3.47. The lowest BCUT2D eigenvalue weighted by atomic mass is 10.1. The highest BCUT2D eigenvalue weighted by atomic mass is 79.9. The Balaban J connectivity index is 0.00000161. The molecule has 1 aliphatic rings. The van der Waals surface area contributed by atoms with E-state index in [1.165, 1.54) is 12.1 Å². The molecule has 0 spiro atoms. The maximum Gasteiger partial charge on any atom is 0.314 e. The number of benzene rings is 1. The van der Waals surface area contributed by atoms with Crippen LogP contribution in [0.5, 0.6) is 0 Å². The highest BCUT2D eigenvalue weighted by Gasteiger charge is 2.29. The molecule has 1 aromatic heterocycles. The van der Waals surface area contributed by atoms with Crippen molar-refractivity contribution in [2.75, 3.05) is 6.54 Å². The number of nitrogens with zero attached hydrogens (tertiary/aromatic N) is 2. The van der Waals surface area contributed by atoms with Gasteiger partial charge in [-0.2, -0.15) is 0 Å². The van der Waals surface area contributed by atoms with Crippen LogP contribution in [-0.4, -0.2) is 32.4 Å². The maximum atomic E-state index is 11.4. The van der Waals surface area contributed by atoms with E-state index in [2.05, 4.69) is 14.9 Å². The molecular formula is C12H13BrN4O4. The van der Waals surface area contributed by atoms with Crippen molar-refractivity contribution < 1.29 is 4.92 Å². The summed E-state index contributed by atoms with van der Waals surface area (Å²) in [5.41, 5.74) is -0.334. The molecule has 9 heteroatoms. The first-order valence-electron chi connectivity index (χ1n) is 6.13. The van der Waals surface area contributed by atoms with Crippen LogP contribution in [0.3, 0.4) is 0 Å². The Labute approximate surface area is 128 Å². The van der Waals surface area contributed by atoms with Crippen LogP contribution < -0.4 is 11.1 Å². The summed E-state index contributed by atoms with van der Waals surface area (Å²) >= 11 is 0. The average molecular weight is 357 g/mol. The smallest absolute Gasteiger partial charge is 0.314 e. The molecule has 0 aliphatic carbocycles. The number of non-ortho nitro benzene ring substituents is 1. The molecule has 2 atom stereocenters. The largest absolute Gasteiger partial charge is 0.316 e. The van der Waals surface area contributed by atoms with Crippen LogP contribution in [0.15, 0.2) is 21.7 Å². The average Bonchev–Trinajstić information content (AvgIpc) is 3.06. The van der Waals surface area contributed by atoms with E-state index in [4.69, 9.17) is 0 Å². The number of aromatic amines is 2. The summed E-state index contributed by atoms with van der Waals surface area (Å²) in [7, 11) is 0. The zero-order valence-corrected chi connectivity index (χ0v) is 12.8. The van der Waals surface area contributed by atoms with Gasteiger partial charge in [-0.15, -0.1) is 17.0 Å². The van der Waals surface area contributed by atoms with Gasteiger partial charge in [-0.1, -0.05) is 0 Å². The number of hydrogen-bond acceptors (Lipinski definition) is 5. The molecule has 2 aromatic rings. The SMILES string of the molecule is Br.CC1CN1Cc1cc([N+](=O)[O-])cc2[nH]c(=O)c(=O)[nH]c12. The Kier molecular flexibility index (Phi) is 3.97. The first-order valence-corrected chi connectivity index (χ1v) is 6.13. The summed E-state index contributed by atoms with van der Waals surface area (Å²) in [6.45, 7) is 3.46. The Morgan fingerprint density at radius 1 is 1.33 bits per heavy atom. The van der Waals surface area contributed by atoms with E-state index < -0.39 is 16.0 Å². The van der Waals surface area contributed by atoms with Crippen LogP contribution >= 0.6 is 17.0 Å². The van der Waals surface area contributed by atoms with Gasteiger partial charge in [0.2, 0.25) is 0 Å². The van der Waals surface area contributed by atoms with Crippen LogP contribution in [-0.2, 0) is 6.54 Å². The van der Waals surface area contributed by atoms with E-state index in [0.29, 0.717) is 23.7 Å². The summed E-state index contributed by atoms with van der Waals surface area (Å²) in [5, 5.41) is 10.9. The van der Waals surface area contributed by atoms with Crippen molar-refractivity contribution in [1.82, 2.24) is 14.9 Å². The third kappa shape index (κ3) is 2.88. The van der Waals surface area contributed by atoms with E-state index in [9.17, 15) is 19.7 Å². The zero-order chi connectivity index (χ0) is 14.4. The fourth-order valence-electron chi connectivity index (χ4n) is 2.24. The van der Waals surface area contributed by atoms with Crippen molar-refractivity contribution in [3.8, 4) is 0 Å². The summed E-state index contributed by atoms with van der Waals surface area (Å²) < 4.78 is 0. The first-order chi connectivity index (χ1) is 9.45. The standard InChI is InChI=1S/C12H12N4O4.BrH/c1-6-4-15(6)5-7-2-8(16(19)20)3-9-10(7)14-12(18)11(17)13-9;/h2-3,6H,4-5H2,1H3,(H,13,17)(H,14,18);1H. The molecule has 0 amide bonds. The molecule has 112 valence electrons. The lowest BCUT2D eigenvalue weighted by Crippen LogP contribution is -2.29. The van der Waals surface area contributed by atoms with Crippen molar-refractivity contribution in [2.24, 2.45) is 0 Å². The lowest BCUT2D eigenvalue weighted by molar-refractivity contribution is -0.384. The maximum absolute atomic E-state index is 11.4. The molecule has 2 N–H and O–H groups in total. The van der Waals surface area contributed by atoms with E-state index in [0.717, 1.165) is 6.54 Å². The van der Waals surface area contributed by atoms with Gasteiger partial charge in [-0.3, -0.25) is 24.6 Å². The number of nitro benzene ring substituents is 1. The van der Waals surface area contributed by atoms with Crippen molar-refractivity contribution in [3.05, 3.63) is 48.5 Å². The Morgan fingerprint density at radius 2 is 1.95 bits per heavy atom. The number of aromatic nitrogens is 2. The molecule has 1 aliphatic heterocycles. The van der Waals surface area contributed by atoms with E-state index >= 15 is 0 Å². The number of halogens is 1. The van der Waals surface area contributed by atoms with Gasteiger partial charge in [0.1, 0.15) is 0 Å². The van der Waals surface area contributed by atoms with Gasteiger partial charge in [0.05, 0.1) is 16.0 Å². The van der Waals surface area contributed by atoms with Crippen LogP contribution in [0.25, 0.3) is 11.0 Å². The van der Waals surface area contributed by atoms with Crippen molar-refractivity contribution >= 4 is 33.7 Å². The van der Waals surface area contributed by atoms with E-state index in [-0.39, 0.29) is 28.2 Å². The van der Waals surface area contributed by atoms with Gasteiger partial charge in [0.15, 0.2) is 0 Å². The normalized spacial score (nSPS) is 20.0. The van der Waals surface area contributed by atoms with Crippen LogP contribution in [0.4, 0.5) is 5.69 Å². The first kappa shape index (κ1) is 15.4. The minimum Gasteiger partial charge on any atom is -0.316 e. The number of hydrogen-bond donors (Lipinski definition) is 2. The molecular weight excluding hydrogens is 344 g/mol. The van der Waals surface area contributed by atoms with Gasteiger partial charge in [0, 0.05) is 31.3 Å². The molecule has 2 unspecified atom stereocenters. The van der Waals surface area contributed by atoms with Gasteiger partial charge >= 0.3 is 11.1 Å². The topological polar surface area (TPSA) is 112 Å². The molecule has 2 heterocycles. The summed E-state index contributed by atoms with van der Waals surface area (Å²) in [5.74, 6) is 0. The second-order valence-electron chi connectivity index (χ2n) is 4.97. The molecule has 1 saturated heterocycles. The summed E-state index contributed by atoms with van der Waals surface area (Å²) in [6, 6.07) is 3.11. The van der Waals surface area contributed by atoms with Gasteiger partial charge < -0.3 is 9.97 Å². The molecule has 1 aromatic carbocycles. The molecule has 8 nitrogen and oxygen atoms in total. The van der Waals surface area contributed by atoms with Crippen LogP contribution in [0.1, 0.15) is 12.5 Å². The van der Waals surface area contributed by atoms with Crippen molar-refractivity contribution in [2.45, 2.75) is 19.5 Å². The fraction of sp³-hybridized carbons (Fsp3) is 0.333. The fourth-order valence-corrected chi connectivity index (χ4v) is 2.24. The van der Waals surface area contributed by atoms with Crippen molar-refractivity contribution in [3.63, 3.8) is 0 Å². The number of H-pyrrole nitrogens is 2. The van der Waals surface area contributed by atoms with Crippen molar-refractivity contribution in [1.29, 1.82) is 0 Å². The Morgan fingerprint density at radius 3 is 2.52 bits per heavy atom. The summed E-state index contributed by atoms with van der Waals surface area (Å²) in [4.78, 5) is 40.1. The van der Waals surface area contributed by atoms with Gasteiger partial charge in [0.25, 0.3) is 5.69 Å². The zero-order valence-electron chi connectivity index (χ0n) is 11.1. The van der Waals surface area contributed by atoms with Crippen LogP contribution in [0.2, 0.25) is 0 Å². The predicted molar refractivity (Wildman–Crippen MR) is 82.0 cm³/mol. The second-order valence-corrected chi connectivity index (χ2v) is 4.97. The van der Waals surface area contributed by atoms with Gasteiger partial charge in [-0.25, -0.2) is 0 Å². The number of nitrogens with one attached hydrogen (secondary N) is 2. The Hall–Kier alpha value is -2.00. The highest BCUT2D eigenvalue weighted by Crippen LogP contribution is 2.26. The number of rotatable bonds is 3. The number of fused-ring (bicyclic) bond motifs is 1. The molecule has 21 heavy (non-hydrogen) atoms. The Bertz CT molecular complexity index is 828. The second kappa shape index (κ2) is 5.41.